The third kappa shape index (κ3) is 3.50. The minimum absolute atomic E-state index is 0.644. The monoisotopic (exact) mass is 255 g/mol. The first kappa shape index (κ1) is 13.5. The van der Waals surface area contributed by atoms with E-state index < -0.39 is 0 Å². The summed E-state index contributed by atoms with van der Waals surface area (Å²) in [6.45, 7) is 5.26. The fraction of sp³-hybridized carbons (Fsp3) is 0.235. The van der Waals surface area contributed by atoms with Gasteiger partial charge < -0.3 is 9.47 Å². The topological polar surface area (TPSA) is 18.5 Å². The normalized spacial score (nSPS) is 10.2. The summed E-state index contributed by atoms with van der Waals surface area (Å²) in [5.41, 5.74) is 2.13. The molecule has 0 saturated carbocycles. The maximum Gasteiger partial charge on any atom is 0.126 e. The Labute approximate surface area is 115 Å². The maximum atomic E-state index is 5.68. The molecule has 0 fully saturated rings. The van der Waals surface area contributed by atoms with Crippen LogP contribution in [0.1, 0.15) is 25.0 Å². The molecule has 0 spiro atoms. The molecule has 2 aromatic carbocycles. The predicted molar refractivity (Wildman–Crippen MR) is 77.7 cm³/mol. The minimum atomic E-state index is 0.644. The first-order valence-electron chi connectivity index (χ1n) is 6.63. The Bertz CT molecular complexity index is 482. The number of hydrogen-bond acceptors (Lipinski definition) is 2. The van der Waals surface area contributed by atoms with Crippen LogP contribution < -0.4 is 9.47 Å². The fourth-order valence-corrected chi connectivity index (χ4v) is 1.94. The lowest BCUT2D eigenvalue weighted by atomic mass is 10.0. The summed E-state index contributed by atoms with van der Waals surface area (Å²) >= 11 is 0. The highest BCUT2D eigenvalue weighted by Crippen LogP contribution is 2.32. The Morgan fingerprint density at radius 2 is 1.37 bits per heavy atom. The molecule has 0 aliphatic carbocycles. The molecule has 0 aliphatic heterocycles. The van der Waals surface area contributed by atoms with E-state index in [4.69, 9.17) is 9.47 Å². The molecule has 99 valence electrons. The summed E-state index contributed by atoms with van der Waals surface area (Å²) in [7, 11) is 0. The van der Waals surface area contributed by atoms with E-state index in [1.54, 1.807) is 0 Å². The average Bonchev–Trinajstić information content (AvgIpc) is 2.44. The van der Waals surface area contributed by atoms with Crippen molar-refractivity contribution in [2.45, 2.75) is 13.8 Å². The second-order valence-corrected chi connectivity index (χ2v) is 4.09. The van der Waals surface area contributed by atoms with Crippen LogP contribution in [0.25, 0.3) is 0 Å². The molecule has 0 atom stereocenters. The molecule has 19 heavy (non-hydrogen) atoms. The van der Waals surface area contributed by atoms with Crippen LogP contribution in [-0.4, -0.2) is 13.2 Å². The highest BCUT2D eigenvalue weighted by Gasteiger charge is 2.11. The highest BCUT2D eigenvalue weighted by atomic mass is 16.5. The lowest BCUT2D eigenvalue weighted by Gasteiger charge is -2.15. The standard InChI is InChI=1S/C17H19O2/c1-3-18-16-11-8-12-17(19-4-2)15(16)13-14-9-6-5-7-10-14/h5-13H,3-4H2,1-2H3. The van der Waals surface area contributed by atoms with Gasteiger partial charge in [-0.2, -0.15) is 0 Å². The number of rotatable bonds is 6. The smallest absolute Gasteiger partial charge is 0.126 e. The van der Waals surface area contributed by atoms with Gasteiger partial charge in [0.25, 0.3) is 0 Å². The van der Waals surface area contributed by atoms with Gasteiger partial charge in [-0.3, -0.25) is 0 Å². The summed E-state index contributed by atoms with van der Waals surface area (Å²) in [6, 6.07) is 16.1. The molecule has 0 heterocycles. The Morgan fingerprint density at radius 3 is 1.89 bits per heavy atom. The van der Waals surface area contributed by atoms with Crippen LogP contribution in [0, 0.1) is 6.42 Å². The van der Waals surface area contributed by atoms with Crippen molar-refractivity contribution < 1.29 is 9.47 Å². The van der Waals surface area contributed by atoms with Crippen molar-refractivity contribution in [3.8, 4) is 11.5 Å². The molecule has 2 aromatic rings. The van der Waals surface area contributed by atoms with Crippen molar-refractivity contribution in [2.24, 2.45) is 0 Å². The van der Waals surface area contributed by atoms with Gasteiger partial charge in [0, 0.05) is 12.0 Å². The molecule has 1 radical (unpaired) electrons. The number of benzene rings is 2. The van der Waals surface area contributed by atoms with Crippen LogP contribution in [-0.2, 0) is 0 Å². The quantitative estimate of drug-likeness (QED) is 0.774. The molecular weight excluding hydrogens is 236 g/mol. The zero-order valence-electron chi connectivity index (χ0n) is 11.4. The van der Waals surface area contributed by atoms with Crippen molar-refractivity contribution in [1.29, 1.82) is 0 Å². The highest BCUT2D eigenvalue weighted by molar-refractivity contribution is 5.53. The van der Waals surface area contributed by atoms with Crippen LogP contribution in [0.15, 0.2) is 48.5 Å². The van der Waals surface area contributed by atoms with E-state index in [2.05, 4.69) is 18.6 Å². The first-order chi connectivity index (χ1) is 9.35. The van der Waals surface area contributed by atoms with Gasteiger partial charge in [0.2, 0.25) is 0 Å². The van der Waals surface area contributed by atoms with Crippen LogP contribution in [0.5, 0.6) is 11.5 Å². The molecular formula is C17H19O2. The summed E-state index contributed by atoms with van der Waals surface area (Å²) in [4.78, 5) is 0. The third-order valence-electron chi connectivity index (χ3n) is 2.74. The van der Waals surface area contributed by atoms with E-state index in [-0.39, 0.29) is 0 Å². The molecule has 2 rings (SSSR count). The van der Waals surface area contributed by atoms with Crippen molar-refractivity contribution in [1.82, 2.24) is 0 Å². The van der Waals surface area contributed by atoms with Gasteiger partial charge in [0.05, 0.1) is 13.2 Å². The van der Waals surface area contributed by atoms with Gasteiger partial charge in [0.1, 0.15) is 11.5 Å². The first-order valence-corrected chi connectivity index (χ1v) is 6.63. The van der Waals surface area contributed by atoms with Crippen molar-refractivity contribution in [3.05, 3.63) is 66.1 Å². The third-order valence-corrected chi connectivity index (χ3v) is 2.74. The summed E-state index contributed by atoms with van der Waals surface area (Å²) in [5, 5.41) is 0. The predicted octanol–water partition coefficient (Wildman–Crippen LogP) is 4.08. The average molecular weight is 255 g/mol. The molecule has 0 aromatic heterocycles. The second-order valence-electron chi connectivity index (χ2n) is 4.09. The summed E-state index contributed by atoms with van der Waals surface area (Å²) in [6.07, 6.45) is 2.09. The molecule has 0 unspecified atom stereocenters. The summed E-state index contributed by atoms with van der Waals surface area (Å²) in [5.74, 6) is 1.72. The van der Waals surface area contributed by atoms with Gasteiger partial charge in [-0.15, -0.1) is 0 Å². The van der Waals surface area contributed by atoms with E-state index in [1.807, 2.05) is 50.2 Å². The molecule has 2 heteroatoms. The zero-order valence-corrected chi connectivity index (χ0v) is 11.4. The van der Waals surface area contributed by atoms with E-state index in [0.29, 0.717) is 13.2 Å². The van der Waals surface area contributed by atoms with Gasteiger partial charge in [-0.25, -0.2) is 0 Å². The largest absolute Gasteiger partial charge is 0.493 e. The van der Waals surface area contributed by atoms with Gasteiger partial charge in [-0.1, -0.05) is 36.4 Å². The minimum Gasteiger partial charge on any atom is -0.493 e. The van der Waals surface area contributed by atoms with Crippen molar-refractivity contribution >= 4 is 0 Å². The SMILES string of the molecule is CCOc1cccc(OCC)c1[CH]c1ccccc1. The number of ether oxygens (including phenoxy) is 2. The molecule has 0 aliphatic rings. The Balaban J connectivity index is 2.34. The van der Waals surface area contributed by atoms with E-state index in [0.717, 1.165) is 22.6 Å². The molecule has 0 bridgehead atoms. The molecule has 0 amide bonds. The Kier molecular flexibility index (Phi) is 4.85. The van der Waals surface area contributed by atoms with Crippen LogP contribution >= 0.6 is 0 Å². The van der Waals surface area contributed by atoms with Crippen LogP contribution in [0.3, 0.4) is 0 Å². The van der Waals surface area contributed by atoms with E-state index in [1.165, 1.54) is 0 Å². The molecule has 0 N–H and O–H groups in total. The van der Waals surface area contributed by atoms with Gasteiger partial charge in [0.15, 0.2) is 0 Å². The number of hydrogen-bond donors (Lipinski definition) is 0. The Hall–Kier alpha value is -1.96. The van der Waals surface area contributed by atoms with E-state index >= 15 is 0 Å². The van der Waals surface area contributed by atoms with Crippen LogP contribution in [0.4, 0.5) is 0 Å². The molecule has 0 saturated heterocycles. The van der Waals surface area contributed by atoms with Gasteiger partial charge in [-0.05, 0) is 31.5 Å². The lowest BCUT2D eigenvalue weighted by Crippen LogP contribution is -2.01. The van der Waals surface area contributed by atoms with Gasteiger partial charge >= 0.3 is 0 Å². The fourth-order valence-electron chi connectivity index (χ4n) is 1.94. The van der Waals surface area contributed by atoms with Crippen molar-refractivity contribution in [2.75, 3.05) is 13.2 Å². The Morgan fingerprint density at radius 1 is 0.789 bits per heavy atom. The second kappa shape index (κ2) is 6.83. The molecule has 2 nitrogen and oxygen atoms in total. The summed E-state index contributed by atoms with van der Waals surface area (Å²) < 4.78 is 11.4. The lowest BCUT2D eigenvalue weighted by molar-refractivity contribution is 0.320. The van der Waals surface area contributed by atoms with Crippen LogP contribution in [0.2, 0.25) is 0 Å². The zero-order chi connectivity index (χ0) is 13.5. The van der Waals surface area contributed by atoms with Crippen molar-refractivity contribution in [3.63, 3.8) is 0 Å². The van der Waals surface area contributed by atoms with E-state index in [9.17, 15) is 0 Å². The maximum absolute atomic E-state index is 5.68.